The Bertz CT molecular complexity index is 632. The van der Waals surface area contributed by atoms with Gasteiger partial charge >= 0.3 is 0 Å². The number of nitrogens with two attached hydrogens (primary N) is 1. The summed E-state index contributed by atoms with van der Waals surface area (Å²) in [6.45, 7) is 1.97. The molecule has 116 valence electrons. The molecule has 1 unspecified atom stereocenters. The van der Waals surface area contributed by atoms with Crippen molar-refractivity contribution in [3.8, 4) is 5.75 Å². The molecule has 0 saturated carbocycles. The highest BCUT2D eigenvalue weighted by molar-refractivity contribution is 5.28. The summed E-state index contributed by atoms with van der Waals surface area (Å²) < 4.78 is 5.32. The number of aromatic nitrogens is 2. The second kappa shape index (κ2) is 6.75. The van der Waals surface area contributed by atoms with Gasteiger partial charge in [0.1, 0.15) is 5.75 Å². The van der Waals surface area contributed by atoms with E-state index in [9.17, 15) is 0 Å². The lowest BCUT2D eigenvalue weighted by Gasteiger charge is -2.35. The Morgan fingerprint density at radius 1 is 1.32 bits per heavy atom. The number of rotatable bonds is 4. The second-order valence-electron chi connectivity index (χ2n) is 5.67. The number of likely N-dealkylation sites (tertiary alicyclic amines) is 1. The standard InChI is InChI=1S/C17H22N4O/c1-22-14-6-4-5-13(11-14)12-21-10-3-2-7-16(21)15-8-9-19-17(18)20-15/h4-6,8-9,11,16H,2-3,7,10,12H2,1H3,(H2,18,19,20). The number of hydrogen-bond acceptors (Lipinski definition) is 5. The third-order valence-electron chi connectivity index (χ3n) is 4.17. The second-order valence-corrected chi connectivity index (χ2v) is 5.67. The van der Waals surface area contributed by atoms with Crippen molar-refractivity contribution in [2.24, 2.45) is 0 Å². The van der Waals surface area contributed by atoms with Crippen molar-refractivity contribution >= 4 is 5.95 Å². The average Bonchev–Trinajstić information content (AvgIpc) is 2.55. The fourth-order valence-corrected chi connectivity index (χ4v) is 3.09. The summed E-state index contributed by atoms with van der Waals surface area (Å²) in [6.07, 6.45) is 5.31. The maximum absolute atomic E-state index is 5.74. The first-order valence-corrected chi connectivity index (χ1v) is 7.71. The molecule has 1 fully saturated rings. The predicted octanol–water partition coefficient (Wildman–Crippen LogP) is 2.79. The van der Waals surface area contributed by atoms with Crippen molar-refractivity contribution in [2.75, 3.05) is 19.4 Å². The summed E-state index contributed by atoms with van der Waals surface area (Å²) in [5, 5.41) is 0. The highest BCUT2D eigenvalue weighted by Crippen LogP contribution is 2.31. The number of piperidine rings is 1. The van der Waals surface area contributed by atoms with Crippen molar-refractivity contribution in [3.63, 3.8) is 0 Å². The van der Waals surface area contributed by atoms with Gasteiger partial charge in [-0.15, -0.1) is 0 Å². The van der Waals surface area contributed by atoms with Crippen molar-refractivity contribution in [3.05, 3.63) is 47.8 Å². The van der Waals surface area contributed by atoms with Crippen LogP contribution in [0.3, 0.4) is 0 Å². The van der Waals surface area contributed by atoms with E-state index in [4.69, 9.17) is 10.5 Å². The molecule has 0 spiro atoms. The number of anilines is 1. The Morgan fingerprint density at radius 2 is 2.23 bits per heavy atom. The number of ether oxygens (including phenoxy) is 1. The molecule has 2 N–H and O–H groups in total. The van der Waals surface area contributed by atoms with Gasteiger partial charge in [-0.25, -0.2) is 9.97 Å². The predicted molar refractivity (Wildman–Crippen MR) is 86.4 cm³/mol. The molecule has 1 aromatic carbocycles. The van der Waals surface area contributed by atoms with Gasteiger partial charge in [-0.05, 0) is 43.1 Å². The van der Waals surface area contributed by atoms with Gasteiger partial charge in [0.2, 0.25) is 5.95 Å². The largest absolute Gasteiger partial charge is 0.497 e. The van der Waals surface area contributed by atoms with E-state index in [1.54, 1.807) is 13.3 Å². The van der Waals surface area contributed by atoms with Crippen LogP contribution >= 0.6 is 0 Å². The summed E-state index contributed by atoms with van der Waals surface area (Å²) in [5.41, 5.74) is 8.02. The first kappa shape index (κ1) is 14.8. The zero-order valence-electron chi connectivity index (χ0n) is 12.9. The maximum atomic E-state index is 5.74. The smallest absolute Gasteiger partial charge is 0.220 e. The molecule has 1 aliphatic rings. The molecule has 0 amide bonds. The van der Waals surface area contributed by atoms with Crippen molar-refractivity contribution < 1.29 is 4.74 Å². The van der Waals surface area contributed by atoms with Crippen molar-refractivity contribution in [1.82, 2.24) is 14.9 Å². The molecule has 5 nitrogen and oxygen atoms in total. The van der Waals surface area contributed by atoms with Crippen molar-refractivity contribution in [1.29, 1.82) is 0 Å². The Labute approximate surface area is 131 Å². The molecule has 22 heavy (non-hydrogen) atoms. The highest BCUT2D eigenvalue weighted by Gasteiger charge is 2.25. The highest BCUT2D eigenvalue weighted by atomic mass is 16.5. The molecule has 0 bridgehead atoms. The lowest BCUT2D eigenvalue weighted by Crippen LogP contribution is -2.33. The number of nitrogens with zero attached hydrogens (tertiary/aromatic N) is 3. The zero-order chi connectivity index (χ0) is 15.4. The Morgan fingerprint density at radius 3 is 3.05 bits per heavy atom. The van der Waals surface area contributed by atoms with Crippen LogP contribution in [0.4, 0.5) is 5.95 Å². The molecular weight excluding hydrogens is 276 g/mol. The van der Waals surface area contributed by atoms with Crippen LogP contribution in [0.2, 0.25) is 0 Å². The Balaban J connectivity index is 1.80. The number of nitrogen functional groups attached to an aromatic ring is 1. The van der Waals surface area contributed by atoms with Crippen LogP contribution in [-0.4, -0.2) is 28.5 Å². The molecule has 2 heterocycles. The van der Waals surface area contributed by atoms with Crippen LogP contribution in [0.1, 0.15) is 36.6 Å². The fraction of sp³-hybridized carbons (Fsp3) is 0.412. The maximum Gasteiger partial charge on any atom is 0.220 e. The Kier molecular flexibility index (Phi) is 4.53. The third-order valence-corrected chi connectivity index (χ3v) is 4.17. The van der Waals surface area contributed by atoms with E-state index in [1.807, 2.05) is 18.2 Å². The minimum absolute atomic E-state index is 0.310. The van der Waals surface area contributed by atoms with Crippen LogP contribution < -0.4 is 10.5 Å². The Hall–Kier alpha value is -2.14. The van der Waals surface area contributed by atoms with Gasteiger partial charge in [0.15, 0.2) is 0 Å². The number of hydrogen-bond donors (Lipinski definition) is 1. The molecule has 3 rings (SSSR count). The summed E-state index contributed by atoms with van der Waals surface area (Å²) in [5.74, 6) is 1.25. The molecule has 0 radical (unpaired) electrons. The van der Waals surface area contributed by atoms with E-state index >= 15 is 0 Å². The van der Waals surface area contributed by atoms with Gasteiger partial charge < -0.3 is 10.5 Å². The monoisotopic (exact) mass is 298 g/mol. The van der Waals surface area contributed by atoms with Gasteiger partial charge in [0, 0.05) is 12.7 Å². The molecule has 5 heteroatoms. The summed E-state index contributed by atoms with van der Waals surface area (Å²) >= 11 is 0. The molecule has 1 aromatic heterocycles. The zero-order valence-corrected chi connectivity index (χ0v) is 12.9. The lowest BCUT2D eigenvalue weighted by atomic mass is 9.98. The molecule has 1 aliphatic heterocycles. The van der Waals surface area contributed by atoms with E-state index in [-0.39, 0.29) is 0 Å². The summed E-state index contributed by atoms with van der Waals surface area (Å²) in [4.78, 5) is 10.9. The van der Waals surface area contributed by atoms with Crippen LogP contribution in [-0.2, 0) is 6.54 Å². The average molecular weight is 298 g/mol. The van der Waals surface area contributed by atoms with Gasteiger partial charge in [-0.1, -0.05) is 18.6 Å². The van der Waals surface area contributed by atoms with E-state index in [0.717, 1.165) is 31.0 Å². The first-order chi connectivity index (χ1) is 10.8. The first-order valence-electron chi connectivity index (χ1n) is 7.71. The molecular formula is C17H22N4O. The fourth-order valence-electron chi connectivity index (χ4n) is 3.09. The van der Waals surface area contributed by atoms with Crippen LogP contribution in [0, 0.1) is 0 Å². The minimum Gasteiger partial charge on any atom is -0.497 e. The number of benzene rings is 1. The normalized spacial score (nSPS) is 19.0. The van der Waals surface area contributed by atoms with E-state index in [2.05, 4.69) is 27.0 Å². The summed E-state index contributed by atoms with van der Waals surface area (Å²) in [6, 6.07) is 10.5. The molecule has 1 atom stereocenters. The number of methoxy groups -OCH3 is 1. The van der Waals surface area contributed by atoms with E-state index < -0.39 is 0 Å². The topological polar surface area (TPSA) is 64.3 Å². The minimum atomic E-state index is 0.310. The molecule has 1 saturated heterocycles. The van der Waals surface area contributed by atoms with Crippen molar-refractivity contribution in [2.45, 2.75) is 31.8 Å². The van der Waals surface area contributed by atoms with Gasteiger partial charge in [-0.3, -0.25) is 4.90 Å². The van der Waals surface area contributed by atoms with Gasteiger partial charge in [-0.2, -0.15) is 0 Å². The van der Waals surface area contributed by atoms with Crippen LogP contribution in [0.25, 0.3) is 0 Å². The lowest BCUT2D eigenvalue weighted by molar-refractivity contribution is 0.137. The third kappa shape index (κ3) is 3.36. The van der Waals surface area contributed by atoms with E-state index in [1.165, 1.54) is 18.4 Å². The summed E-state index contributed by atoms with van der Waals surface area (Å²) in [7, 11) is 1.70. The van der Waals surface area contributed by atoms with Gasteiger partial charge in [0.25, 0.3) is 0 Å². The van der Waals surface area contributed by atoms with Crippen LogP contribution in [0.5, 0.6) is 5.75 Å². The molecule has 0 aliphatic carbocycles. The van der Waals surface area contributed by atoms with Gasteiger partial charge in [0.05, 0.1) is 18.8 Å². The van der Waals surface area contributed by atoms with E-state index in [0.29, 0.717) is 12.0 Å². The molecule has 2 aromatic rings. The van der Waals surface area contributed by atoms with Crippen LogP contribution in [0.15, 0.2) is 36.5 Å². The SMILES string of the molecule is COc1cccc(CN2CCCCC2c2ccnc(N)n2)c1. The quantitative estimate of drug-likeness (QED) is 0.940.